The highest BCUT2D eigenvalue weighted by atomic mass is 35.5. The van der Waals surface area contributed by atoms with E-state index in [0.29, 0.717) is 58.7 Å². The maximum atomic E-state index is 13.8. The van der Waals surface area contributed by atoms with E-state index in [1.807, 2.05) is 37.3 Å². The minimum atomic E-state index is -1.23. The van der Waals surface area contributed by atoms with Gasteiger partial charge in [-0.25, -0.2) is 15.0 Å². The molecule has 326 valence electrons. The molecule has 0 aliphatic rings. The number of nitrogens with one attached hydrogen (secondary N) is 5. The van der Waals surface area contributed by atoms with Crippen LogP contribution in [0.3, 0.4) is 0 Å². The Labute approximate surface area is 368 Å². The first kappa shape index (κ1) is 48.1. The number of aromatic carboxylic acids is 1. The van der Waals surface area contributed by atoms with Gasteiger partial charge in [-0.1, -0.05) is 48.0 Å². The van der Waals surface area contributed by atoms with Crippen molar-refractivity contribution in [3.05, 3.63) is 116 Å². The van der Waals surface area contributed by atoms with E-state index < -0.39 is 35.5 Å². The molecule has 0 bridgehead atoms. The Kier molecular flexibility index (Phi) is 18.9. The Morgan fingerprint density at radius 3 is 2.38 bits per heavy atom. The number of carboxylic acids is 1. The summed E-state index contributed by atoms with van der Waals surface area (Å²) in [5.74, 6) is -1.59. The molecule has 0 unspecified atom stereocenters. The maximum absolute atomic E-state index is 13.8. The molecule has 1 heterocycles. The number of urea groups is 1. The molecule has 1 aromatic heterocycles. The van der Waals surface area contributed by atoms with E-state index in [0.717, 1.165) is 16.0 Å². The lowest BCUT2D eigenvalue weighted by molar-refractivity contribution is -0.155. The molecule has 3 aromatic carbocycles. The molecule has 0 aliphatic heterocycles. The smallest absolute Gasteiger partial charge is 0.339 e. The highest BCUT2D eigenvalue weighted by Gasteiger charge is 2.27. The Morgan fingerprint density at radius 2 is 1.67 bits per heavy atom. The van der Waals surface area contributed by atoms with Crippen LogP contribution in [0.5, 0.6) is 11.5 Å². The summed E-state index contributed by atoms with van der Waals surface area (Å²) in [6.45, 7) is 8.42. The van der Waals surface area contributed by atoms with E-state index >= 15 is 0 Å². The third kappa shape index (κ3) is 17.1. The van der Waals surface area contributed by atoms with Crippen molar-refractivity contribution in [3.63, 3.8) is 0 Å². The van der Waals surface area contributed by atoms with Gasteiger partial charge in [-0.3, -0.25) is 14.4 Å². The van der Waals surface area contributed by atoms with Gasteiger partial charge in [-0.15, -0.1) is 11.3 Å². The molecule has 0 spiro atoms. The summed E-state index contributed by atoms with van der Waals surface area (Å²) in [5.41, 5.74) is 4.29. The fourth-order valence-corrected chi connectivity index (χ4v) is 7.76. The molecular formula is C43H51ClN6O9S2. The largest absolute Gasteiger partial charge is 0.507 e. The quantitative estimate of drug-likeness (QED) is 0.0265. The molecule has 4 rings (SSSR count). The molecular weight excluding hydrogens is 844 g/mol. The second kappa shape index (κ2) is 24.0. The summed E-state index contributed by atoms with van der Waals surface area (Å²) in [4.78, 5) is 64.3. The van der Waals surface area contributed by atoms with Gasteiger partial charge in [-0.05, 0) is 93.3 Å². The summed E-state index contributed by atoms with van der Waals surface area (Å²) in [5, 5.41) is 35.7. The number of amides is 4. The van der Waals surface area contributed by atoms with Gasteiger partial charge in [0.15, 0.2) is 6.61 Å². The number of thioether (sulfide) groups is 1. The van der Waals surface area contributed by atoms with Crippen LogP contribution < -0.4 is 31.4 Å². The van der Waals surface area contributed by atoms with Crippen LogP contribution in [0.15, 0.2) is 84.0 Å². The van der Waals surface area contributed by atoms with Gasteiger partial charge in [0.2, 0.25) is 0 Å². The number of carboxylic acid groups (broad SMARTS) is 1. The molecule has 18 heteroatoms. The number of hydrazone groups is 1. The van der Waals surface area contributed by atoms with Gasteiger partial charge in [0.25, 0.3) is 11.8 Å². The average Bonchev–Trinajstić information content (AvgIpc) is 3.68. The first-order valence-corrected chi connectivity index (χ1v) is 21.7. The molecule has 0 saturated carbocycles. The minimum Gasteiger partial charge on any atom is -0.507 e. The van der Waals surface area contributed by atoms with Crippen LogP contribution in [0, 0.1) is 0 Å². The summed E-state index contributed by atoms with van der Waals surface area (Å²) in [6, 6.07) is 20.8. The number of carbonyl (C=O) groups is 5. The van der Waals surface area contributed by atoms with Crippen LogP contribution in [0.4, 0.5) is 4.79 Å². The number of likely N-dealkylation sites (N-methyl/N-ethyl adjacent to an activating group) is 1. The highest BCUT2D eigenvalue weighted by molar-refractivity contribution is 7.99. The van der Waals surface area contributed by atoms with Gasteiger partial charge >= 0.3 is 18.0 Å². The number of carbonyl (C=O) groups excluding carboxylic acids is 4. The van der Waals surface area contributed by atoms with E-state index in [-0.39, 0.29) is 42.5 Å². The first-order chi connectivity index (χ1) is 29.1. The molecule has 15 nitrogen and oxygen atoms in total. The summed E-state index contributed by atoms with van der Waals surface area (Å²) in [6.07, 6.45) is 0.220. The Balaban J connectivity index is 1.45. The number of aromatic hydroxyl groups is 1. The van der Waals surface area contributed by atoms with Crippen LogP contribution in [0.1, 0.15) is 75.7 Å². The fourth-order valence-electron chi connectivity index (χ4n) is 5.54. The predicted octanol–water partition coefficient (Wildman–Crippen LogP) is 6.27. The first-order valence-electron chi connectivity index (χ1n) is 19.4. The molecule has 0 radical (unpaired) electrons. The Morgan fingerprint density at radius 1 is 0.934 bits per heavy atom. The summed E-state index contributed by atoms with van der Waals surface area (Å²) < 4.78 is 11.1. The minimum absolute atomic E-state index is 0.0881. The zero-order valence-electron chi connectivity index (χ0n) is 34.3. The average molecular weight is 896 g/mol. The number of nitrogens with zero attached hydrogens (tertiary/aromatic N) is 1. The second-order valence-corrected chi connectivity index (χ2v) is 17.1. The number of benzene rings is 3. The van der Waals surface area contributed by atoms with Crippen molar-refractivity contribution in [3.8, 4) is 11.5 Å². The Hall–Kier alpha value is -5.62. The lowest BCUT2D eigenvalue weighted by Crippen LogP contribution is -2.45. The Bertz CT molecular complexity index is 2160. The van der Waals surface area contributed by atoms with Crippen LogP contribution in [0.25, 0.3) is 0 Å². The SMILES string of the molecule is CCNC(=O)COc1ccc(CCNC(=O)N/N=C(\CSCc2ccccc2Cl)[C@H](CC(=O)OC(C)(C)C)NC(=O)c2ccc(CNCc3ccc(O)c(C(=O)O)c3)s2)cc1. The zero-order valence-corrected chi connectivity index (χ0v) is 36.7. The van der Waals surface area contributed by atoms with Gasteiger partial charge in [0, 0.05) is 47.6 Å². The molecule has 0 fully saturated rings. The molecule has 4 aromatic rings. The van der Waals surface area contributed by atoms with E-state index in [1.165, 1.54) is 35.2 Å². The third-order valence-corrected chi connectivity index (χ3v) is 10.9. The normalized spacial score (nSPS) is 11.9. The predicted molar refractivity (Wildman–Crippen MR) is 238 cm³/mol. The monoisotopic (exact) mass is 894 g/mol. The maximum Gasteiger partial charge on any atom is 0.339 e. The van der Waals surface area contributed by atoms with Crippen molar-refractivity contribution in [2.45, 2.75) is 71.0 Å². The molecule has 0 aliphatic carbocycles. The highest BCUT2D eigenvalue weighted by Crippen LogP contribution is 2.23. The lowest BCUT2D eigenvalue weighted by Gasteiger charge is -2.24. The number of ether oxygens (including phenoxy) is 2. The van der Waals surface area contributed by atoms with Crippen molar-refractivity contribution in [2.24, 2.45) is 5.10 Å². The number of halogens is 1. The number of phenols is 1. The van der Waals surface area contributed by atoms with Crippen molar-refractivity contribution >= 4 is 70.2 Å². The van der Waals surface area contributed by atoms with E-state index in [9.17, 15) is 34.2 Å². The number of esters is 1. The molecule has 61 heavy (non-hydrogen) atoms. The molecule has 1 atom stereocenters. The summed E-state index contributed by atoms with van der Waals surface area (Å²) >= 11 is 9.08. The number of thiophene rings is 1. The van der Waals surface area contributed by atoms with Gasteiger partial charge < -0.3 is 41.0 Å². The molecule has 4 amide bonds. The van der Waals surface area contributed by atoms with E-state index in [2.05, 4.69) is 31.8 Å². The number of rotatable bonds is 22. The summed E-state index contributed by atoms with van der Waals surface area (Å²) in [7, 11) is 0. The molecule has 0 saturated heterocycles. The van der Waals surface area contributed by atoms with Crippen LogP contribution >= 0.6 is 34.7 Å². The third-order valence-electron chi connectivity index (χ3n) is 8.44. The van der Waals surface area contributed by atoms with Crippen LogP contribution in [-0.4, -0.2) is 82.8 Å². The fraction of sp³-hybridized carbons (Fsp3) is 0.349. The van der Waals surface area contributed by atoms with Crippen molar-refractivity contribution in [1.82, 2.24) is 26.7 Å². The topological polar surface area (TPSA) is 217 Å². The van der Waals surface area contributed by atoms with Crippen LogP contribution in [0.2, 0.25) is 5.02 Å². The van der Waals surface area contributed by atoms with E-state index in [1.54, 1.807) is 57.2 Å². The molecule has 7 N–H and O–H groups in total. The zero-order chi connectivity index (χ0) is 44.4. The van der Waals surface area contributed by atoms with Gasteiger partial charge in [0.05, 0.1) is 23.1 Å². The van der Waals surface area contributed by atoms with Gasteiger partial charge in [0.1, 0.15) is 22.7 Å². The van der Waals surface area contributed by atoms with Gasteiger partial charge in [-0.2, -0.15) is 16.9 Å². The number of hydrogen-bond donors (Lipinski definition) is 7. The second-order valence-electron chi connectivity index (χ2n) is 14.5. The number of hydrogen-bond acceptors (Lipinski definition) is 12. The van der Waals surface area contributed by atoms with Crippen molar-refractivity contribution in [1.29, 1.82) is 0 Å². The van der Waals surface area contributed by atoms with E-state index in [4.69, 9.17) is 21.1 Å². The standard InChI is InChI=1S/C43H51ClN6O9S2/c1-5-46-38(52)24-58-30-13-10-27(11-14-30)18-19-47-42(57)50-49-35(26-60-25-29-8-6-7-9-33(29)44)34(21-39(53)59-43(2,3)4)48-40(54)37-17-15-31(61-37)23-45-22-28-12-16-36(51)32(20-28)41(55)56/h6-17,20,34,45,51H,5,18-19,21-26H2,1-4H3,(H,46,52)(H,48,54)(H,55,56)(H2,47,50,57)/b49-35+/t34-/m0/s1. The lowest BCUT2D eigenvalue weighted by atomic mass is 10.1. The van der Waals surface area contributed by atoms with Crippen molar-refractivity contribution < 1.29 is 43.7 Å². The van der Waals surface area contributed by atoms with Crippen molar-refractivity contribution in [2.75, 3.05) is 25.4 Å². The van der Waals surface area contributed by atoms with Crippen LogP contribution in [-0.2, 0) is 39.6 Å².